The number of aromatic amines is 1. The molecule has 3 rings (SSSR count). The zero-order valence-electron chi connectivity index (χ0n) is 16.5. The number of benzene rings is 2. The van der Waals surface area contributed by atoms with Crippen molar-refractivity contribution in [1.29, 1.82) is 0 Å². The van der Waals surface area contributed by atoms with Crippen LogP contribution in [0.3, 0.4) is 0 Å². The van der Waals surface area contributed by atoms with Crippen molar-refractivity contribution in [2.75, 3.05) is 18.9 Å². The number of nitrogens with one attached hydrogen (secondary N) is 2. The van der Waals surface area contributed by atoms with Crippen LogP contribution < -0.4 is 5.32 Å². The maximum Gasteiger partial charge on any atom is 0.243 e. The second kappa shape index (κ2) is 7.84. The second-order valence-corrected chi connectivity index (χ2v) is 7.14. The van der Waals surface area contributed by atoms with Crippen LogP contribution in [0.2, 0.25) is 0 Å². The van der Waals surface area contributed by atoms with E-state index in [1.165, 1.54) is 17.0 Å². The summed E-state index contributed by atoms with van der Waals surface area (Å²) in [5.74, 6) is -0.808. The molecule has 0 spiro atoms. The molecule has 2 N–H and O–H groups in total. The van der Waals surface area contributed by atoms with Crippen LogP contribution in [0, 0.1) is 26.6 Å². The van der Waals surface area contributed by atoms with Gasteiger partial charge in [-0.3, -0.25) is 9.59 Å². The summed E-state index contributed by atoms with van der Waals surface area (Å²) in [6.07, 6.45) is 0.0997. The minimum Gasteiger partial charge on any atom is -0.358 e. The van der Waals surface area contributed by atoms with Crippen molar-refractivity contribution in [2.45, 2.75) is 27.2 Å². The molecular weight excluding hydrogens is 357 g/mol. The molecule has 0 fully saturated rings. The summed E-state index contributed by atoms with van der Waals surface area (Å²) in [5, 5.41) is 3.55. The van der Waals surface area contributed by atoms with Crippen LogP contribution in [0.5, 0.6) is 0 Å². The average molecular weight is 381 g/mol. The predicted octanol–water partition coefficient (Wildman–Crippen LogP) is 3.87. The van der Waals surface area contributed by atoms with Gasteiger partial charge in [-0.05, 0) is 61.7 Å². The van der Waals surface area contributed by atoms with E-state index in [4.69, 9.17) is 0 Å². The molecule has 6 heteroatoms. The first-order valence-electron chi connectivity index (χ1n) is 9.13. The van der Waals surface area contributed by atoms with Crippen molar-refractivity contribution in [1.82, 2.24) is 9.88 Å². The summed E-state index contributed by atoms with van der Waals surface area (Å²) in [6, 6.07) is 10.2. The number of nitrogens with zero attached hydrogens (tertiary/aromatic N) is 1. The molecule has 0 aliphatic heterocycles. The van der Waals surface area contributed by atoms with E-state index in [0.717, 1.165) is 33.6 Å². The lowest BCUT2D eigenvalue weighted by molar-refractivity contribution is -0.132. The van der Waals surface area contributed by atoms with Crippen molar-refractivity contribution in [3.8, 4) is 0 Å². The topological polar surface area (TPSA) is 65.2 Å². The first kappa shape index (κ1) is 19.6. The fourth-order valence-electron chi connectivity index (χ4n) is 3.25. The van der Waals surface area contributed by atoms with Crippen LogP contribution in [-0.2, 0) is 16.0 Å². The molecule has 2 amide bonds. The largest absolute Gasteiger partial charge is 0.358 e. The molecule has 0 aliphatic rings. The number of halogens is 1. The van der Waals surface area contributed by atoms with Gasteiger partial charge in [-0.2, -0.15) is 0 Å². The molecule has 3 aromatic rings. The summed E-state index contributed by atoms with van der Waals surface area (Å²) in [7, 11) is 1.59. The van der Waals surface area contributed by atoms with Gasteiger partial charge in [0.2, 0.25) is 11.8 Å². The first-order chi connectivity index (χ1) is 13.3. The number of aryl methyl sites for hydroxylation is 2. The Kier molecular flexibility index (Phi) is 5.49. The van der Waals surface area contributed by atoms with Crippen molar-refractivity contribution in [2.24, 2.45) is 0 Å². The van der Waals surface area contributed by atoms with Crippen LogP contribution in [0.25, 0.3) is 10.9 Å². The van der Waals surface area contributed by atoms with Gasteiger partial charge in [0.05, 0.1) is 13.0 Å². The molecule has 2 aromatic carbocycles. The molecular formula is C22H24FN3O2. The lowest BCUT2D eigenvalue weighted by Crippen LogP contribution is -2.36. The monoisotopic (exact) mass is 381 g/mol. The Morgan fingerprint density at radius 2 is 1.89 bits per heavy atom. The molecule has 1 heterocycles. The molecule has 0 atom stereocenters. The van der Waals surface area contributed by atoms with Gasteiger partial charge in [0.1, 0.15) is 5.82 Å². The van der Waals surface area contributed by atoms with E-state index in [1.807, 2.05) is 39.0 Å². The van der Waals surface area contributed by atoms with E-state index >= 15 is 0 Å². The van der Waals surface area contributed by atoms with Crippen LogP contribution in [-0.4, -0.2) is 35.3 Å². The Morgan fingerprint density at radius 1 is 1.14 bits per heavy atom. The first-order valence-corrected chi connectivity index (χ1v) is 9.13. The molecule has 0 saturated carbocycles. The van der Waals surface area contributed by atoms with Gasteiger partial charge in [-0.15, -0.1) is 0 Å². The molecule has 0 bridgehead atoms. The Morgan fingerprint density at radius 3 is 2.64 bits per heavy atom. The van der Waals surface area contributed by atoms with Crippen LogP contribution in [0.1, 0.15) is 22.4 Å². The van der Waals surface area contributed by atoms with Gasteiger partial charge < -0.3 is 15.2 Å². The van der Waals surface area contributed by atoms with Crippen molar-refractivity contribution >= 4 is 28.4 Å². The van der Waals surface area contributed by atoms with E-state index in [-0.39, 0.29) is 30.6 Å². The number of carbonyl (C=O) groups is 2. The SMILES string of the molecule is Cc1cccc(NC(=O)CN(C)C(=O)Cc2c(C)[nH]c3ccc(F)cc23)c1C. The number of fused-ring (bicyclic) bond motifs is 1. The maximum absolute atomic E-state index is 13.6. The van der Waals surface area contributed by atoms with E-state index in [0.29, 0.717) is 5.39 Å². The Bertz CT molecular complexity index is 1060. The van der Waals surface area contributed by atoms with E-state index in [9.17, 15) is 14.0 Å². The van der Waals surface area contributed by atoms with Gasteiger partial charge in [0.25, 0.3) is 0 Å². The predicted molar refractivity (Wildman–Crippen MR) is 109 cm³/mol. The summed E-state index contributed by atoms with van der Waals surface area (Å²) < 4.78 is 13.6. The molecule has 0 unspecified atom stereocenters. The molecule has 0 saturated heterocycles. The number of hydrogen-bond acceptors (Lipinski definition) is 2. The summed E-state index contributed by atoms with van der Waals surface area (Å²) in [5.41, 5.74) is 5.19. The molecule has 5 nitrogen and oxygen atoms in total. The van der Waals surface area contributed by atoms with Gasteiger partial charge in [0.15, 0.2) is 0 Å². The minimum absolute atomic E-state index is 0.0536. The third-order valence-electron chi connectivity index (χ3n) is 5.09. The van der Waals surface area contributed by atoms with E-state index < -0.39 is 0 Å². The highest BCUT2D eigenvalue weighted by molar-refractivity contribution is 5.96. The maximum atomic E-state index is 13.6. The third-order valence-corrected chi connectivity index (χ3v) is 5.09. The number of likely N-dealkylation sites (N-methyl/N-ethyl adjacent to an activating group) is 1. The number of hydrogen-bond donors (Lipinski definition) is 2. The Hall–Kier alpha value is -3.15. The van der Waals surface area contributed by atoms with Gasteiger partial charge >= 0.3 is 0 Å². The van der Waals surface area contributed by atoms with Gasteiger partial charge in [-0.1, -0.05) is 12.1 Å². The van der Waals surface area contributed by atoms with E-state index in [2.05, 4.69) is 10.3 Å². The second-order valence-electron chi connectivity index (χ2n) is 7.14. The zero-order chi connectivity index (χ0) is 20.4. The van der Waals surface area contributed by atoms with Crippen molar-refractivity contribution in [3.05, 3.63) is 64.6 Å². The van der Waals surface area contributed by atoms with Crippen LogP contribution in [0.15, 0.2) is 36.4 Å². The van der Waals surface area contributed by atoms with E-state index in [1.54, 1.807) is 13.1 Å². The summed E-state index contributed by atoms with van der Waals surface area (Å²) in [4.78, 5) is 29.5. The smallest absolute Gasteiger partial charge is 0.243 e. The number of aromatic nitrogens is 1. The van der Waals surface area contributed by atoms with Crippen molar-refractivity contribution in [3.63, 3.8) is 0 Å². The Balaban J connectivity index is 1.68. The zero-order valence-corrected chi connectivity index (χ0v) is 16.5. The molecule has 28 heavy (non-hydrogen) atoms. The highest BCUT2D eigenvalue weighted by Crippen LogP contribution is 2.24. The number of H-pyrrole nitrogens is 1. The summed E-state index contributed by atoms with van der Waals surface area (Å²) in [6.45, 7) is 5.72. The molecule has 0 aliphatic carbocycles. The highest BCUT2D eigenvalue weighted by atomic mass is 19.1. The highest BCUT2D eigenvalue weighted by Gasteiger charge is 2.18. The number of carbonyl (C=O) groups excluding carboxylic acids is 2. The molecule has 146 valence electrons. The molecule has 1 aromatic heterocycles. The Labute approximate surface area is 163 Å². The van der Waals surface area contributed by atoms with Crippen molar-refractivity contribution < 1.29 is 14.0 Å². The van der Waals surface area contributed by atoms with Crippen LogP contribution in [0.4, 0.5) is 10.1 Å². The fraction of sp³-hybridized carbons (Fsp3) is 0.273. The third kappa shape index (κ3) is 4.06. The minimum atomic E-state index is -0.346. The standard InChI is InChI=1S/C22H24FN3O2/c1-13-6-5-7-19(14(13)2)25-21(27)12-26(4)22(28)11-17-15(3)24-20-9-8-16(23)10-18(17)20/h5-10,24H,11-12H2,1-4H3,(H,25,27). The molecule has 0 radical (unpaired) electrons. The fourth-order valence-corrected chi connectivity index (χ4v) is 3.25. The average Bonchev–Trinajstić information content (AvgIpc) is 2.94. The normalized spacial score (nSPS) is 10.9. The quantitative estimate of drug-likeness (QED) is 0.705. The lowest BCUT2D eigenvalue weighted by atomic mass is 10.1. The number of anilines is 1. The number of rotatable bonds is 5. The van der Waals surface area contributed by atoms with Crippen LogP contribution >= 0.6 is 0 Å². The number of amides is 2. The lowest BCUT2D eigenvalue weighted by Gasteiger charge is -2.18. The summed E-state index contributed by atoms with van der Waals surface area (Å²) >= 11 is 0. The van der Waals surface area contributed by atoms with Gasteiger partial charge in [0, 0.05) is 29.3 Å². The van der Waals surface area contributed by atoms with Gasteiger partial charge in [-0.25, -0.2) is 4.39 Å².